The first-order valence-electron chi connectivity index (χ1n) is 10.5. The number of aryl methyl sites for hydroxylation is 2. The molecule has 1 heterocycles. The molecule has 1 aromatic heterocycles. The molecule has 1 amide bonds. The second-order valence-electron chi connectivity index (χ2n) is 8.37. The summed E-state index contributed by atoms with van der Waals surface area (Å²) in [6.45, 7) is 0. The number of hydrogen-bond donors (Lipinski definition) is 1. The van der Waals surface area contributed by atoms with Crippen LogP contribution in [-0.2, 0) is 33.8 Å². The minimum absolute atomic E-state index is 0.00600. The van der Waals surface area contributed by atoms with Gasteiger partial charge in [-0.1, -0.05) is 30.3 Å². The number of amides is 1. The molecule has 8 heteroatoms. The summed E-state index contributed by atoms with van der Waals surface area (Å²) in [6.07, 6.45) is 3.83. The van der Waals surface area contributed by atoms with Crippen molar-refractivity contribution < 1.29 is 13.2 Å². The lowest BCUT2D eigenvalue weighted by molar-refractivity contribution is -0.124. The highest BCUT2D eigenvalue weighted by Gasteiger charge is 2.39. The number of nitrogens with zero attached hydrogens (tertiary/aromatic N) is 3. The number of fused-ring (bicyclic) bond motifs is 1. The largest absolute Gasteiger partial charge is 0.347 e. The van der Waals surface area contributed by atoms with E-state index in [0.717, 1.165) is 36.2 Å². The Morgan fingerprint density at radius 2 is 1.87 bits per heavy atom. The Morgan fingerprint density at radius 1 is 1.16 bits per heavy atom. The van der Waals surface area contributed by atoms with Crippen molar-refractivity contribution in [3.63, 3.8) is 0 Å². The summed E-state index contributed by atoms with van der Waals surface area (Å²) in [7, 11) is 1.38. The molecule has 0 aliphatic heterocycles. The third kappa shape index (κ3) is 3.97. The summed E-state index contributed by atoms with van der Waals surface area (Å²) in [5.74, 6) is 0.762. The molecule has 0 bridgehead atoms. The van der Waals surface area contributed by atoms with Crippen molar-refractivity contribution in [3.8, 4) is 0 Å². The second-order valence-corrected chi connectivity index (χ2v) is 10.5. The average Bonchev–Trinajstić information content (AvgIpc) is 3.04. The van der Waals surface area contributed by atoms with Crippen LogP contribution in [0, 0.1) is 0 Å². The van der Waals surface area contributed by atoms with Crippen LogP contribution in [0.4, 0.5) is 0 Å². The molecule has 31 heavy (non-hydrogen) atoms. The van der Waals surface area contributed by atoms with Crippen molar-refractivity contribution in [2.75, 3.05) is 14.1 Å². The molecule has 0 radical (unpaired) electrons. The van der Waals surface area contributed by atoms with Gasteiger partial charge in [-0.25, -0.2) is 17.7 Å². The van der Waals surface area contributed by atoms with Crippen molar-refractivity contribution in [3.05, 3.63) is 59.9 Å². The molecule has 0 unspecified atom stereocenters. The van der Waals surface area contributed by atoms with E-state index in [0.29, 0.717) is 18.4 Å². The van der Waals surface area contributed by atoms with Crippen LogP contribution >= 0.6 is 0 Å². The van der Waals surface area contributed by atoms with E-state index in [4.69, 9.17) is 0 Å². The Balaban J connectivity index is 1.49. The summed E-state index contributed by atoms with van der Waals surface area (Å²) >= 11 is 0. The van der Waals surface area contributed by atoms with Gasteiger partial charge in [-0.05, 0) is 43.0 Å². The minimum atomic E-state index is -3.52. The summed E-state index contributed by atoms with van der Waals surface area (Å²) in [6, 6.07) is 15.1. The number of benzene rings is 2. The first-order chi connectivity index (χ1) is 14.7. The van der Waals surface area contributed by atoms with E-state index in [1.807, 2.05) is 29.8 Å². The fraction of sp³-hybridized carbons (Fsp3) is 0.391. The van der Waals surface area contributed by atoms with Gasteiger partial charge in [-0.15, -0.1) is 0 Å². The van der Waals surface area contributed by atoms with E-state index >= 15 is 0 Å². The quantitative estimate of drug-likeness (QED) is 0.612. The van der Waals surface area contributed by atoms with Gasteiger partial charge in [0.1, 0.15) is 5.82 Å². The molecule has 1 aliphatic carbocycles. The molecule has 1 fully saturated rings. The van der Waals surface area contributed by atoms with Crippen molar-refractivity contribution in [1.82, 2.24) is 19.2 Å². The molecular weight excluding hydrogens is 412 g/mol. The number of sulfonamides is 1. The van der Waals surface area contributed by atoms with Gasteiger partial charge in [-0.2, -0.15) is 0 Å². The number of imidazole rings is 1. The zero-order valence-electron chi connectivity index (χ0n) is 18.1. The molecule has 0 atom stereocenters. The van der Waals surface area contributed by atoms with Gasteiger partial charge < -0.3 is 9.88 Å². The normalized spacial score (nSPS) is 15.7. The molecule has 164 valence electrons. The van der Waals surface area contributed by atoms with Crippen LogP contribution in [0.1, 0.15) is 37.1 Å². The van der Waals surface area contributed by atoms with Crippen LogP contribution in [0.5, 0.6) is 0 Å². The molecule has 1 N–H and O–H groups in total. The number of carbonyl (C=O) groups excluding carboxylic acids is 1. The van der Waals surface area contributed by atoms with Crippen molar-refractivity contribution >= 4 is 27.0 Å². The van der Waals surface area contributed by atoms with Crippen LogP contribution in [0.3, 0.4) is 0 Å². The molecular formula is C23H28N4O3S. The number of nitrogens with one attached hydrogen (secondary N) is 1. The Labute approximate surface area is 183 Å². The van der Waals surface area contributed by atoms with Crippen LogP contribution in [0.2, 0.25) is 0 Å². The Morgan fingerprint density at radius 3 is 2.48 bits per heavy atom. The summed E-state index contributed by atoms with van der Waals surface area (Å²) < 4.78 is 27.9. The summed E-state index contributed by atoms with van der Waals surface area (Å²) in [4.78, 5) is 17.6. The number of carbonyl (C=O) groups is 1. The third-order valence-corrected chi connectivity index (χ3v) is 8.02. The topological polar surface area (TPSA) is 84.3 Å². The summed E-state index contributed by atoms with van der Waals surface area (Å²) in [5, 5.41) is 3.25. The maximum absolute atomic E-state index is 12.8. The maximum Gasteiger partial charge on any atom is 0.242 e. The van der Waals surface area contributed by atoms with Gasteiger partial charge in [0, 0.05) is 34.0 Å². The number of hydrogen-bond acceptors (Lipinski definition) is 4. The molecule has 0 spiro atoms. The van der Waals surface area contributed by atoms with Crippen LogP contribution in [0.25, 0.3) is 11.0 Å². The Kier molecular flexibility index (Phi) is 5.61. The van der Waals surface area contributed by atoms with E-state index in [1.165, 1.54) is 18.4 Å². The SMILES string of the molecule is CN(C)S(=O)(=O)c1ccc2c(c1)nc(CCC(=O)NC1(c3ccccc3)CCC1)n2C. The van der Waals surface area contributed by atoms with Crippen LogP contribution in [0.15, 0.2) is 53.4 Å². The van der Waals surface area contributed by atoms with E-state index in [9.17, 15) is 13.2 Å². The van der Waals surface area contributed by atoms with Gasteiger partial charge in [0.25, 0.3) is 0 Å². The van der Waals surface area contributed by atoms with Gasteiger partial charge in [-0.3, -0.25) is 4.79 Å². The lowest BCUT2D eigenvalue weighted by atomic mass is 9.71. The highest BCUT2D eigenvalue weighted by molar-refractivity contribution is 7.89. The third-order valence-electron chi connectivity index (χ3n) is 6.21. The van der Waals surface area contributed by atoms with E-state index in [-0.39, 0.29) is 16.3 Å². The molecule has 1 saturated carbocycles. The molecule has 7 nitrogen and oxygen atoms in total. The maximum atomic E-state index is 12.8. The lowest BCUT2D eigenvalue weighted by Crippen LogP contribution is -2.50. The van der Waals surface area contributed by atoms with Crippen molar-refractivity contribution in [2.24, 2.45) is 7.05 Å². The standard InChI is InChI=1S/C23H28N4O3S/c1-26(2)31(29,30)18-10-11-20-19(16-18)24-21(27(20)3)12-13-22(28)25-23(14-7-15-23)17-8-5-4-6-9-17/h4-6,8-11,16H,7,12-15H2,1-3H3,(H,25,28). The van der Waals surface area contributed by atoms with Crippen LogP contribution in [-0.4, -0.2) is 42.3 Å². The molecule has 1 aliphatic rings. The highest BCUT2D eigenvalue weighted by Crippen LogP contribution is 2.41. The van der Waals surface area contributed by atoms with Gasteiger partial charge >= 0.3 is 0 Å². The smallest absolute Gasteiger partial charge is 0.242 e. The fourth-order valence-corrected chi connectivity index (χ4v) is 5.07. The van der Waals surface area contributed by atoms with Crippen LogP contribution < -0.4 is 5.32 Å². The second kappa shape index (κ2) is 8.09. The first-order valence-corrected chi connectivity index (χ1v) is 11.9. The predicted octanol–water partition coefficient (Wildman–Crippen LogP) is 2.95. The number of aromatic nitrogens is 2. The van der Waals surface area contributed by atoms with E-state index in [2.05, 4.69) is 22.4 Å². The zero-order chi connectivity index (χ0) is 22.2. The van der Waals surface area contributed by atoms with Gasteiger partial charge in [0.15, 0.2) is 0 Å². The van der Waals surface area contributed by atoms with Crippen molar-refractivity contribution in [1.29, 1.82) is 0 Å². The minimum Gasteiger partial charge on any atom is -0.347 e. The summed E-state index contributed by atoms with van der Waals surface area (Å²) in [5.41, 5.74) is 2.36. The fourth-order valence-electron chi connectivity index (χ4n) is 4.15. The van der Waals surface area contributed by atoms with Gasteiger partial charge in [0.2, 0.25) is 15.9 Å². The highest BCUT2D eigenvalue weighted by atomic mass is 32.2. The van der Waals surface area contributed by atoms with Crippen molar-refractivity contribution in [2.45, 2.75) is 42.5 Å². The van der Waals surface area contributed by atoms with E-state index < -0.39 is 10.0 Å². The molecule has 2 aromatic carbocycles. The molecule has 4 rings (SSSR count). The zero-order valence-corrected chi connectivity index (χ0v) is 18.9. The monoisotopic (exact) mass is 440 g/mol. The van der Waals surface area contributed by atoms with Gasteiger partial charge in [0.05, 0.1) is 21.5 Å². The number of rotatable bonds is 7. The first kappa shape index (κ1) is 21.5. The van der Waals surface area contributed by atoms with E-state index in [1.54, 1.807) is 18.2 Å². The predicted molar refractivity (Wildman–Crippen MR) is 120 cm³/mol. The Bertz CT molecular complexity index is 1210. The Hall–Kier alpha value is -2.71. The lowest BCUT2D eigenvalue weighted by Gasteiger charge is -2.43. The average molecular weight is 441 g/mol. The molecule has 0 saturated heterocycles. The molecule has 3 aromatic rings.